The Balaban J connectivity index is 2.28. The summed E-state index contributed by atoms with van der Waals surface area (Å²) in [4.78, 5) is 6.94. The molecular weight excluding hydrogens is 238 g/mol. The van der Waals surface area contributed by atoms with E-state index in [0.29, 0.717) is 18.8 Å². The molecule has 17 heavy (non-hydrogen) atoms. The Morgan fingerprint density at radius 1 is 1.53 bits per heavy atom. The topological polar surface area (TPSA) is 66.1 Å². The molecule has 1 aliphatic heterocycles. The van der Waals surface area contributed by atoms with Gasteiger partial charge >= 0.3 is 0 Å². The van der Waals surface area contributed by atoms with Gasteiger partial charge in [0.15, 0.2) is 5.03 Å². The van der Waals surface area contributed by atoms with E-state index in [1.165, 1.54) is 6.20 Å². The van der Waals surface area contributed by atoms with Crippen molar-refractivity contribution < 1.29 is 8.42 Å². The third-order valence-electron chi connectivity index (χ3n) is 3.27. The highest BCUT2D eigenvalue weighted by Gasteiger charge is 2.32. The Bertz CT molecular complexity index is 481. The highest BCUT2D eigenvalue weighted by Crippen LogP contribution is 2.23. The largest absolute Gasteiger partial charge is 0.332 e. The molecule has 1 saturated heterocycles. The second kappa shape index (κ2) is 4.78. The number of sulfonamides is 1. The van der Waals surface area contributed by atoms with Crippen molar-refractivity contribution in [1.82, 2.24) is 14.3 Å². The molecule has 0 aromatic carbocycles. The lowest BCUT2D eigenvalue weighted by atomic mass is 10.1. The van der Waals surface area contributed by atoms with Gasteiger partial charge in [-0.2, -0.15) is 4.31 Å². The molecule has 0 bridgehead atoms. The van der Waals surface area contributed by atoms with Gasteiger partial charge in [0.05, 0.1) is 6.20 Å². The smallest absolute Gasteiger partial charge is 0.260 e. The normalized spacial score (nSPS) is 22.8. The minimum Gasteiger partial charge on any atom is -0.332 e. The Morgan fingerprint density at radius 2 is 2.29 bits per heavy atom. The van der Waals surface area contributed by atoms with Crippen molar-refractivity contribution in [1.29, 1.82) is 0 Å². The van der Waals surface area contributed by atoms with Crippen LogP contribution in [-0.4, -0.2) is 35.3 Å². The summed E-state index contributed by atoms with van der Waals surface area (Å²) in [6, 6.07) is 0.0853. The zero-order valence-corrected chi connectivity index (χ0v) is 11.1. The standard InChI is InChI=1S/C11H19N3O2S/c1-3-10-12-8-11(13-10)17(15,16)14-7-5-4-6-9(14)2/h8-9H,3-7H2,1-2H3,(H,12,13). The zero-order chi connectivity index (χ0) is 12.5. The molecule has 1 aromatic heterocycles. The number of H-pyrrole nitrogens is 1. The van der Waals surface area contributed by atoms with Crippen LogP contribution in [0.15, 0.2) is 11.2 Å². The van der Waals surface area contributed by atoms with Crippen molar-refractivity contribution in [2.75, 3.05) is 6.54 Å². The third kappa shape index (κ3) is 2.37. The van der Waals surface area contributed by atoms with E-state index < -0.39 is 10.0 Å². The maximum atomic E-state index is 12.4. The van der Waals surface area contributed by atoms with Crippen molar-refractivity contribution in [3.63, 3.8) is 0 Å². The van der Waals surface area contributed by atoms with Gasteiger partial charge < -0.3 is 4.98 Å². The van der Waals surface area contributed by atoms with Crippen LogP contribution in [0.2, 0.25) is 0 Å². The van der Waals surface area contributed by atoms with Crippen LogP contribution in [0.1, 0.15) is 38.9 Å². The number of hydrogen-bond acceptors (Lipinski definition) is 3. The average molecular weight is 257 g/mol. The number of rotatable bonds is 3. The molecule has 96 valence electrons. The number of nitrogens with one attached hydrogen (secondary N) is 1. The van der Waals surface area contributed by atoms with Crippen molar-refractivity contribution in [3.8, 4) is 0 Å². The second-order valence-electron chi connectivity index (χ2n) is 4.51. The molecule has 0 spiro atoms. The first kappa shape index (κ1) is 12.6. The Hall–Kier alpha value is -0.880. The van der Waals surface area contributed by atoms with Gasteiger partial charge in [0.1, 0.15) is 5.82 Å². The van der Waals surface area contributed by atoms with Gasteiger partial charge in [0.25, 0.3) is 10.0 Å². The lowest BCUT2D eigenvalue weighted by Crippen LogP contribution is -2.42. The van der Waals surface area contributed by atoms with Crippen LogP contribution in [0, 0.1) is 0 Å². The maximum Gasteiger partial charge on any atom is 0.260 e. The molecule has 6 heteroatoms. The van der Waals surface area contributed by atoms with Gasteiger partial charge in [-0.05, 0) is 19.8 Å². The highest BCUT2D eigenvalue weighted by molar-refractivity contribution is 7.89. The maximum absolute atomic E-state index is 12.4. The van der Waals surface area contributed by atoms with E-state index >= 15 is 0 Å². The lowest BCUT2D eigenvalue weighted by molar-refractivity contribution is 0.268. The summed E-state index contributed by atoms with van der Waals surface area (Å²) in [7, 11) is -3.39. The monoisotopic (exact) mass is 257 g/mol. The summed E-state index contributed by atoms with van der Waals surface area (Å²) in [6.07, 6.45) is 5.13. The summed E-state index contributed by atoms with van der Waals surface area (Å²) < 4.78 is 26.3. The van der Waals surface area contributed by atoms with Crippen molar-refractivity contribution in [2.45, 2.75) is 50.6 Å². The number of nitrogens with zero attached hydrogens (tertiary/aromatic N) is 2. The van der Waals surface area contributed by atoms with Crippen molar-refractivity contribution >= 4 is 10.0 Å². The Kier molecular flexibility index (Phi) is 3.53. The number of imidazole rings is 1. The molecule has 1 aromatic rings. The summed E-state index contributed by atoms with van der Waals surface area (Å²) in [6.45, 7) is 4.52. The predicted molar refractivity (Wildman–Crippen MR) is 65.2 cm³/mol. The van der Waals surface area contributed by atoms with E-state index in [4.69, 9.17) is 0 Å². The summed E-state index contributed by atoms with van der Waals surface area (Å²) in [5.41, 5.74) is 0. The fourth-order valence-electron chi connectivity index (χ4n) is 2.21. The van der Waals surface area contributed by atoms with Crippen molar-refractivity contribution in [3.05, 3.63) is 12.0 Å². The molecule has 1 atom stereocenters. The van der Waals surface area contributed by atoms with Crippen LogP contribution >= 0.6 is 0 Å². The molecule has 1 N–H and O–H groups in total. The van der Waals surface area contributed by atoms with E-state index in [9.17, 15) is 8.42 Å². The quantitative estimate of drug-likeness (QED) is 0.893. The average Bonchev–Trinajstić information content (AvgIpc) is 2.78. The van der Waals surface area contributed by atoms with E-state index in [2.05, 4.69) is 9.97 Å². The molecule has 0 saturated carbocycles. The molecule has 0 aliphatic carbocycles. The van der Waals surface area contributed by atoms with Crippen LogP contribution in [-0.2, 0) is 16.4 Å². The summed E-state index contributed by atoms with van der Waals surface area (Å²) in [5.74, 6) is 0.716. The molecule has 1 unspecified atom stereocenters. The minimum absolute atomic E-state index is 0.0853. The molecule has 0 amide bonds. The van der Waals surface area contributed by atoms with E-state index in [0.717, 1.165) is 19.3 Å². The van der Waals surface area contributed by atoms with Gasteiger partial charge in [-0.1, -0.05) is 13.3 Å². The van der Waals surface area contributed by atoms with Crippen LogP contribution < -0.4 is 0 Å². The molecular formula is C11H19N3O2S. The molecule has 5 nitrogen and oxygen atoms in total. The molecule has 1 fully saturated rings. The fraction of sp³-hybridized carbons (Fsp3) is 0.727. The lowest BCUT2D eigenvalue weighted by Gasteiger charge is -2.31. The number of hydrogen-bond donors (Lipinski definition) is 1. The predicted octanol–water partition coefficient (Wildman–Crippen LogP) is 1.54. The third-order valence-corrected chi connectivity index (χ3v) is 5.19. The minimum atomic E-state index is -3.39. The Morgan fingerprint density at radius 3 is 2.88 bits per heavy atom. The molecule has 1 aliphatic rings. The fourth-order valence-corrected chi connectivity index (χ4v) is 3.84. The molecule has 2 heterocycles. The summed E-state index contributed by atoms with van der Waals surface area (Å²) in [5, 5.41) is 0.225. The number of aromatic nitrogens is 2. The SMILES string of the molecule is CCc1ncc(S(=O)(=O)N2CCCCC2C)[nH]1. The van der Waals surface area contributed by atoms with Crippen LogP contribution in [0.25, 0.3) is 0 Å². The van der Waals surface area contributed by atoms with Gasteiger partial charge in [-0.15, -0.1) is 0 Å². The first-order chi connectivity index (χ1) is 8.05. The van der Waals surface area contributed by atoms with Crippen LogP contribution in [0.3, 0.4) is 0 Å². The zero-order valence-electron chi connectivity index (χ0n) is 10.3. The van der Waals surface area contributed by atoms with E-state index in [1.807, 2.05) is 13.8 Å². The number of piperidine rings is 1. The second-order valence-corrected chi connectivity index (χ2v) is 6.37. The van der Waals surface area contributed by atoms with Crippen LogP contribution in [0.5, 0.6) is 0 Å². The first-order valence-corrected chi connectivity index (χ1v) is 7.55. The van der Waals surface area contributed by atoms with E-state index in [1.54, 1.807) is 4.31 Å². The van der Waals surface area contributed by atoms with Gasteiger partial charge in [-0.3, -0.25) is 0 Å². The van der Waals surface area contributed by atoms with Gasteiger partial charge in [0, 0.05) is 19.0 Å². The van der Waals surface area contributed by atoms with Crippen LogP contribution in [0.4, 0.5) is 0 Å². The Labute approximate surface area is 102 Å². The molecule has 2 rings (SSSR count). The highest BCUT2D eigenvalue weighted by atomic mass is 32.2. The number of aryl methyl sites for hydroxylation is 1. The first-order valence-electron chi connectivity index (χ1n) is 6.11. The number of aromatic amines is 1. The van der Waals surface area contributed by atoms with Gasteiger partial charge in [0.2, 0.25) is 0 Å². The van der Waals surface area contributed by atoms with Gasteiger partial charge in [-0.25, -0.2) is 13.4 Å². The summed E-state index contributed by atoms with van der Waals surface area (Å²) >= 11 is 0. The molecule has 0 radical (unpaired) electrons. The van der Waals surface area contributed by atoms with E-state index in [-0.39, 0.29) is 11.1 Å². The van der Waals surface area contributed by atoms with Crippen molar-refractivity contribution in [2.24, 2.45) is 0 Å².